The van der Waals surface area contributed by atoms with E-state index in [0.717, 1.165) is 25.0 Å². The van der Waals surface area contributed by atoms with E-state index in [1.165, 1.54) is 6.07 Å². The summed E-state index contributed by atoms with van der Waals surface area (Å²) in [6, 6.07) is 5.37. The number of hydrogen-bond acceptors (Lipinski definition) is 3. The van der Waals surface area contributed by atoms with Crippen LogP contribution in [0.3, 0.4) is 0 Å². The van der Waals surface area contributed by atoms with Crippen molar-refractivity contribution in [2.75, 3.05) is 26.7 Å². The van der Waals surface area contributed by atoms with Gasteiger partial charge in [-0.1, -0.05) is 18.2 Å². The Labute approximate surface area is 162 Å². The van der Waals surface area contributed by atoms with Crippen molar-refractivity contribution in [2.24, 2.45) is 5.92 Å². The molecule has 8 heteroatoms. The van der Waals surface area contributed by atoms with E-state index in [2.05, 4.69) is 0 Å². The van der Waals surface area contributed by atoms with E-state index in [1.807, 2.05) is 0 Å². The van der Waals surface area contributed by atoms with Crippen LogP contribution in [0.1, 0.15) is 42.7 Å². The number of benzene rings is 1. The zero-order chi connectivity index (χ0) is 20.5. The van der Waals surface area contributed by atoms with E-state index in [0.29, 0.717) is 31.5 Å². The third kappa shape index (κ3) is 4.84. The van der Waals surface area contributed by atoms with Crippen molar-refractivity contribution in [1.29, 1.82) is 0 Å². The predicted molar refractivity (Wildman–Crippen MR) is 96.8 cm³/mol. The van der Waals surface area contributed by atoms with Crippen LogP contribution in [0.4, 0.5) is 13.2 Å². The quantitative estimate of drug-likeness (QED) is 0.828. The Morgan fingerprint density at radius 1 is 1.25 bits per heavy atom. The average molecular weight is 398 g/mol. The Balaban J connectivity index is 1.58. The number of amides is 1. The monoisotopic (exact) mass is 398 g/mol. The van der Waals surface area contributed by atoms with Crippen LogP contribution in [0, 0.1) is 5.92 Å². The maximum atomic E-state index is 12.9. The van der Waals surface area contributed by atoms with Crippen LogP contribution in [0.25, 0.3) is 0 Å². The zero-order valence-electron chi connectivity index (χ0n) is 15.8. The number of carbonyl (C=O) groups is 2. The summed E-state index contributed by atoms with van der Waals surface area (Å²) in [5.41, 5.74) is -0.107. The molecule has 1 amide bonds. The lowest BCUT2D eigenvalue weighted by atomic mass is 10.0. The molecule has 1 saturated carbocycles. The van der Waals surface area contributed by atoms with E-state index in [4.69, 9.17) is 5.11 Å². The lowest BCUT2D eigenvalue weighted by molar-refractivity contribution is -0.139. The standard InChI is InChI=1S/C20H25F3N2O3/c1-24(12-18(26)27)15-6-3-8-25(9-7-15)19(28)17-11-16(17)13-4-2-5-14(10-13)20(21,22)23/h2,4-5,10,15-17H,3,6-9,11-12H2,1H3,(H,26,27). The summed E-state index contributed by atoms with van der Waals surface area (Å²) in [6.45, 7) is 1.14. The summed E-state index contributed by atoms with van der Waals surface area (Å²) in [5, 5.41) is 8.94. The Hall–Kier alpha value is -2.09. The first kappa shape index (κ1) is 20.6. The fourth-order valence-corrected chi connectivity index (χ4v) is 4.10. The topological polar surface area (TPSA) is 60.9 Å². The van der Waals surface area contributed by atoms with Crippen LogP contribution in [-0.2, 0) is 15.8 Å². The Kier molecular flexibility index (Phi) is 5.98. The molecule has 154 valence electrons. The minimum Gasteiger partial charge on any atom is -0.480 e. The van der Waals surface area contributed by atoms with Crippen molar-refractivity contribution >= 4 is 11.9 Å². The lowest BCUT2D eigenvalue weighted by Gasteiger charge is -2.25. The molecule has 28 heavy (non-hydrogen) atoms. The number of carboxylic acids is 1. The number of aliphatic carboxylic acids is 1. The largest absolute Gasteiger partial charge is 0.480 e. The Morgan fingerprint density at radius 3 is 2.68 bits per heavy atom. The van der Waals surface area contributed by atoms with Crippen LogP contribution in [0.2, 0.25) is 0 Å². The van der Waals surface area contributed by atoms with Crippen molar-refractivity contribution in [3.8, 4) is 0 Å². The molecule has 2 fully saturated rings. The number of rotatable bonds is 5. The minimum atomic E-state index is -4.38. The van der Waals surface area contributed by atoms with Crippen LogP contribution in [-0.4, -0.2) is 59.5 Å². The number of hydrogen-bond donors (Lipinski definition) is 1. The second-order valence-electron chi connectivity index (χ2n) is 7.79. The summed E-state index contributed by atoms with van der Waals surface area (Å²) in [7, 11) is 1.78. The van der Waals surface area contributed by atoms with Gasteiger partial charge in [-0.05, 0) is 50.3 Å². The van der Waals surface area contributed by atoms with Crippen LogP contribution < -0.4 is 0 Å². The fraction of sp³-hybridized carbons (Fsp3) is 0.600. The Bertz CT molecular complexity index is 738. The highest BCUT2D eigenvalue weighted by Crippen LogP contribution is 2.49. The summed E-state index contributed by atoms with van der Waals surface area (Å²) in [5.74, 6) is -1.27. The van der Waals surface area contributed by atoms with Gasteiger partial charge in [0, 0.05) is 25.0 Å². The molecule has 0 radical (unpaired) electrons. The number of likely N-dealkylation sites (tertiary alicyclic amines) is 1. The second-order valence-corrected chi connectivity index (χ2v) is 7.79. The third-order valence-electron chi connectivity index (χ3n) is 5.77. The molecule has 3 atom stereocenters. The molecule has 0 bridgehead atoms. The maximum Gasteiger partial charge on any atom is 0.416 e. The van der Waals surface area contributed by atoms with Gasteiger partial charge in [-0.15, -0.1) is 0 Å². The highest BCUT2D eigenvalue weighted by molar-refractivity contribution is 5.83. The van der Waals surface area contributed by atoms with Crippen molar-refractivity contribution < 1.29 is 27.9 Å². The van der Waals surface area contributed by atoms with Gasteiger partial charge < -0.3 is 10.0 Å². The van der Waals surface area contributed by atoms with Gasteiger partial charge in [0.15, 0.2) is 0 Å². The van der Waals surface area contributed by atoms with Crippen LogP contribution in [0.5, 0.6) is 0 Å². The van der Waals surface area contributed by atoms with E-state index in [-0.39, 0.29) is 30.3 Å². The lowest BCUT2D eigenvalue weighted by Crippen LogP contribution is -2.37. The van der Waals surface area contributed by atoms with Crippen LogP contribution >= 0.6 is 0 Å². The van der Waals surface area contributed by atoms with Crippen molar-refractivity contribution in [3.05, 3.63) is 35.4 Å². The highest BCUT2D eigenvalue weighted by atomic mass is 19.4. The average Bonchev–Trinajstić information content (AvgIpc) is 3.43. The number of alkyl halides is 3. The smallest absolute Gasteiger partial charge is 0.416 e. The van der Waals surface area contributed by atoms with E-state index in [9.17, 15) is 22.8 Å². The number of carboxylic acid groups (broad SMARTS) is 1. The van der Waals surface area contributed by atoms with E-state index < -0.39 is 17.7 Å². The molecule has 1 heterocycles. The molecule has 1 saturated heterocycles. The minimum absolute atomic E-state index is 0.00366. The highest BCUT2D eigenvalue weighted by Gasteiger charge is 2.46. The van der Waals surface area contributed by atoms with Gasteiger partial charge in [0.25, 0.3) is 0 Å². The van der Waals surface area contributed by atoms with Gasteiger partial charge in [-0.3, -0.25) is 14.5 Å². The van der Waals surface area contributed by atoms with E-state index in [1.54, 1.807) is 22.9 Å². The number of nitrogens with zero attached hydrogens (tertiary/aromatic N) is 2. The molecular formula is C20H25F3N2O3. The summed E-state index contributed by atoms with van der Waals surface area (Å²) >= 11 is 0. The fourth-order valence-electron chi connectivity index (χ4n) is 4.10. The molecule has 1 aliphatic heterocycles. The molecule has 0 aromatic heterocycles. The molecular weight excluding hydrogens is 373 g/mol. The molecule has 2 aliphatic rings. The molecule has 1 aliphatic carbocycles. The first-order valence-electron chi connectivity index (χ1n) is 9.55. The van der Waals surface area contributed by atoms with Gasteiger partial charge in [-0.25, -0.2) is 0 Å². The molecule has 1 aromatic carbocycles. The van der Waals surface area contributed by atoms with Gasteiger partial charge in [0.1, 0.15) is 0 Å². The summed E-state index contributed by atoms with van der Waals surface area (Å²) in [6.07, 6.45) is -1.47. The number of carbonyl (C=O) groups excluding carboxylic acids is 1. The summed E-state index contributed by atoms with van der Waals surface area (Å²) in [4.78, 5) is 27.3. The van der Waals surface area contributed by atoms with Gasteiger partial charge >= 0.3 is 12.1 Å². The Morgan fingerprint density at radius 2 is 2.00 bits per heavy atom. The van der Waals surface area contributed by atoms with E-state index >= 15 is 0 Å². The maximum absolute atomic E-state index is 12.9. The van der Waals surface area contributed by atoms with Crippen molar-refractivity contribution in [2.45, 2.75) is 43.8 Å². The summed E-state index contributed by atoms with van der Waals surface area (Å²) < 4.78 is 38.7. The van der Waals surface area contributed by atoms with Crippen molar-refractivity contribution in [3.63, 3.8) is 0 Å². The van der Waals surface area contributed by atoms with Crippen LogP contribution in [0.15, 0.2) is 24.3 Å². The predicted octanol–water partition coefficient (Wildman–Crippen LogP) is 3.21. The van der Waals surface area contributed by atoms with Gasteiger partial charge in [-0.2, -0.15) is 13.2 Å². The van der Waals surface area contributed by atoms with Gasteiger partial charge in [0.2, 0.25) is 5.91 Å². The molecule has 1 N–H and O–H groups in total. The third-order valence-corrected chi connectivity index (χ3v) is 5.77. The number of halogens is 3. The molecule has 0 spiro atoms. The molecule has 3 unspecified atom stereocenters. The van der Waals surface area contributed by atoms with Crippen molar-refractivity contribution in [1.82, 2.24) is 9.80 Å². The zero-order valence-corrected chi connectivity index (χ0v) is 15.8. The first-order valence-corrected chi connectivity index (χ1v) is 9.55. The first-order chi connectivity index (χ1) is 13.2. The molecule has 1 aromatic rings. The SMILES string of the molecule is CN(CC(=O)O)C1CCCN(C(=O)C2CC2c2cccc(C(F)(F)F)c2)CC1. The molecule has 3 rings (SSSR count). The normalized spacial score (nSPS) is 25.5. The number of likely N-dealkylation sites (N-methyl/N-ethyl adjacent to an activating group) is 1. The van der Waals surface area contributed by atoms with Gasteiger partial charge in [0.05, 0.1) is 12.1 Å². The molecule has 5 nitrogen and oxygen atoms in total. The second kappa shape index (κ2) is 8.11.